The largest absolute Gasteiger partial charge is 0.494 e. The van der Waals surface area contributed by atoms with Crippen LogP contribution in [-0.2, 0) is 17.6 Å². The van der Waals surface area contributed by atoms with Crippen molar-refractivity contribution in [1.82, 2.24) is 4.98 Å². The molecule has 130 valence electrons. The number of unbranched alkanes of at least 4 members (excludes halogenated alkanes) is 3. The van der Waals surface area contributed by atoms with Crippen molar-refractivity contribution < 1.29 is 14.6 Å². The standard InChI is InChI=1S/C19H24ClNO3/c1-2-3-4-5-8-24-13-10-15-14-9-12(19(22)23)6-7-17(14)21-18(15)16(20)11-13/h10-12,21H,2-9H2,1H3,(H,22,23). The Morgan fingerprint density at radius 1 is 1.38 bits per heavy atom. The lowest BCUT2D eigenvalue weighted by Crippen LogP contribution is -2.21. The van der Waals surface area contributed by atoms with Gasteiger partial charge in [-0.05, 0) is 37.3 Å². The molecule has 2 N–H and O–H groups in total. The summed E-state index contributed by atoms with van der Waals surface area (Å²) in [6.45, 7) is 2.88. The molecule has 0 bridgehead atoms. The number of H-pyrrole nitrogens is 1. The molecule has 1 aliphatic rings. The van der Waals surface area contributed by atoms with Crippen molar-refractivity contribution in [3.05, 3.63) is 28.4 Å². The van der Waals surface area contributed by atoms with Crippen molar-refractivity contribution in [3.8, 4) is 5.75 Å². The predicted octanol–water partition coefficient (Wildman–Crippen LogP) is 4.97. The Balaban J connectivity index is 1.81. The second-order valence-electron chi connectivity index (χ2n) is 6.60. The number of carboxylic acid groups (broad SMARTS) is 1. The van der Waals surface area contributed by atoms with Crippen LogP contribution in [0.25, 0.3) is 10.9 Å². The van der Waals surface area contributed by atoms with Gasteiger partial charge in [-0.2, -0.15) is 0 Å². The highest BCUT2D eigenvalue weighted by Crippen LogP contribution is 2.37. The van der Waals surface area contributed by atoms with Crippen LogP contribution >= 0.6 is 11.6 Å². The van der Waals surface area contributed by atoms with E-state index in [0.717, 1.165) is 40.8 Å². The normalized spacial score (nSPS) is 17.0. The van der Waals surface area contributed by atoms with Crippen molar-refractivity contribution in [3.63, 3.8) is 0 Å². The Labute approximate surface area is 147 Å². The first-order valence-electron chi connectivity index (χ1n) is 8.78. The van der Waals surface area contributed by atoms with Gasteiger partial charge in [-0.3, -0.25) is 4.79 Å². The molecule has 1 aromatic heterocycles. The fourth-order valence-corrected chi connectivity index (χ4v) is 3.72. The van der Waals surface area contributed by atoms with Crippen LogP contribution < -0.4 is 4.74 Å². The second kappa shape index (κ2) is 7.47. The van der Waals surface area contributed by atoms with Crippen molar-refractivity contribution >= 4 is 28.5 Å². The summed E-state index contributed by atoms with van der Waals surface area (Å²) in [6.07, 6.45) is 6.63. The number of aryl methyl sites for hydroxylation is 1. The van der Waals surface area contributed by atoms with E-state index in [2.05, 4.69) is 11.9 Å². The molecule has 0 spiro atoms. The van der Waals surface area contributed by atoms with E-state index in [0.29, 0.717) is 24.5 Å². The zero-order valence-corrected chi connectivity index (χ0v) is 14.8. The highest BCUT2D eigenvalue weighted by Gasteiger charge is 2.27. The number of carboxylic acids is 1. The average molecular weight is 350 g/mol. The second-order valence-corrected chi connectivity index (χ2v) is 7.00. The number of fused-ring (bicyclic) bond motifs is 3. The van der Waals surface area contributed by atoms with Gasteiger partial charge >= 0.3 is 5.97 Å². The average Bonchev–Trinajstić information content (AvgIpc) is 2.93. The van der Waals surface area contributed by atoms with Crippen LogP contribution in [-0.4, -0.2) is 22.7 Å². The number of aliphatic carboxylic acids is 1. The molecule has 0 aliphatic heterocycles. The SMILES string of the molecule is CCCCCCOc1cc(Cl)c2[nH]c3c(c2c1)CC(C(=O)O)CC3. The maximum Gasteiger partial charge on any atom is 0.306 e. The van der Waals surface area contributed by atoms with Crippen molar-refractivity contribution in [1.29, 1.82) is 0 Å². The van der Waals surface area contributed by atoms with E-state index < -0.39 is 5.97 Å². The van der Waals surface area contributed by atoms with Gasteiger partial charge in [0.25, 0.3) is 0 Å². The Morgan fingerprint density at radius 2 is 2.21 bits per heavy atom. The molecule has 0 saturated heterocycles. The third-order valence-corrected chi connectivity index (χ3v) is 5.14. The Bertz CT molecular complexity index is 738. The van der Waals surface area contributed by atoms with E-state index in [4.69, 9.17) is 16.3 Å². The zero-order chi connectivity index (χ0) is 17.1. The van der Waals surface area contributed by atoms with Crippen molar-refractivity contribution in [2.75, 3.05) is 6.61 Å². The van der Waals surface area contributed by atoms with E-state index in [1.807, 2.05) is 12.1 Å². The van der Waals surface area contributed by atoms with E-state index in [9.17, 15) is 9.90 Å². The summed E-state index contributed by atoms with van der Waals surface area (Å²) < 4.78 is 5.86. The highest BCUT2D eigenvalue weighted by atomic mass is 35.5. The molecule has 1 unspecified atom stereocenters. The molecule has 1 aliphatic carbocycles. The number of nitrogens with one attached hydrogen (secondary N) is 1. The first-order valence-corrected chi connectivity index (χ1v) is 9.16. The van der Waals surface area contributed by atoms with Crippen molar-refractivity contribution in [2.24, 2.45) is 5.92 Å². The molecule has 0 radical (unpaired) electrons. The number of hydrogen-bond donors (Lipinski definition) is 2. The lowest BCUT2D eigenvalue weighted by atomic mass is 9.86. The lowest BCUT2D eigenvalue weighted by Gasteiger charge is -2.18. The maximum absolute atomic E-state index is 11.3. The van der Waals surface area contributed by atoms with Crippen LogP contribution in [0.3, 0.4) is 0 Å². The number of carbonyl (C=O) groups is 1. The molecule has 2 aromatic rings. The Kier molecular flexibility index (Phi) is 5.34. The number of halogens is 1. The molecule has 0 amide bonds. The molecule has 0 fully saturated rings. The quantitative estimate of drug-likeness (QED) is 0.694. The van der Waals surface area contributed by atoms with Crippen LogP contribution in [0.4, 0.5) is 0 Å². The van der Waals surface area contributed by atoms with Crippen molar-refractivity contribution in [2.45, 2.75) is 51.9 Å². The number of rotatable bonds is 7. The van der Waals surface area contributed by atoms with Gasteiger partial charge < -0.3 is 14.8 Å². The molecule has 0 saturated carbocycles. The minimum Gasteiger partial charge on any atom is -0.494 e. The van der Waals surface area contributed by atoms with Gasteiger partial charge in [0.15, 0.2) is 0 Å². The summed E-state index contributed by atoms with van der Waals surface area (Å²) in [4.78, 5) is 14.7. The molecule has 1 atom stereocenters. The predicted molar refractivity (Wildman–Crippen MR) is 96.1 cm³/mol. The third-order valence-electron chi connectivity index (χ3n) is 4.84. The Hall–Kier alpha value is -1.68. The molecule has 24 heavy (non-hydrogen) atoms. The minimum atomic E-state index is -0.718. The molecular formula is C19H24ClNO3. The summed E-state index contributed by atoms with van der Waals surface area (Å²) >= 11 is 6.42. The van der Waals surface area contributed by atoms with Gasteiger partial charge in [-0.25, -0.2) is 0 Å². The van der Waals surface area contributed by atoms with Gasteiger partial charge in [0.1, 0.15) is 5.75 Å². The smallest absolute Gasteiger partial charge is 0.306 e. The summed E-state index contributed by atoms with van der Waals surface area (Å²) in [7, 11) is 0. The first-order chi connectivity index (χ1) is 11.6. The van der Waals surface area contributed by atoms with Gasteiger partial charge in [-0.15, -0.1) is 0 Å². The summed E-state index contributed by atoms with van der Waals surface area (Å²) in [5.41, 5.74) is 3.09. The highest BCUT2D eigenvalue weighted by molar-refractivity contribution is 6.35. The fraction of sp³-hybridized carbons (Fsp3) is 0.526. The van der Waals surface area contributed by atoms with E-state index in [-0.39, 0.29) is 5.92 Å². The van der Waals surface area contributed by atoms with E-state index in [1.54, 1.807) is 0 Å². The molecule has 5 heteroatoms. The van der Waals surface area contributed by atoms with Gasteiger partial charge in [0.05, 0.1) is 23.1 Å². The van der Waals surface area contributed by atoms with Gasteiger partial charge in [0, 0.05) is 17.1 Å². The monoisotopic (exact) mass is 349 g/mol. The fourth-order valence-electron chi connectivity index (χ4n) is 3.46. The number of benzene rings is 1. The van der Waals surface area contributed by atoms with Crippen LogP contribution in [0.1, 0.15) is 50.3 Å². The topological polar surface area (TPSA) is 62.3 Å². The number of hydrogen-bond acceptors (Lipinski definition) is 2. The maximum atomic E-state index is 11.3. The minimum absolute atomic E-state index is 0.311. The number of aromatic nitrogens is 1. The molecule has 3 rings (SSSR count). The van der Waals surface area contributed by atoms with Crippen LogP contribution in [0.5, 0.6) is 5.75 Å². The molecule has 1 aromatic carbocycles. The third kappa shape index (κ3) is 3.54. The summed E-state index contributed by atoms with van der Waals surface area (Å²) in [6, 6.07) is 3.85. The first kappa shape index (κ1) is 17.2. The van der Waals surface area contributed by atoms with Gasteiger partial charge in [-0.1, -0.05) is 37.8 Å². The van der Waals surface area contributed by atoms with Gasteiger partial charge in [0.2, 0.25) is 0 Å². The summed E-state index contributed by atoms with van der Waals surface area (Å²) in [5.74, 6) is -0.262. The summed E-state index contributed by atoms with van der Waals surface area (Å²) in [5, 5.41) is 11.0. The van der Waals surface area contributed by atoms with E-state index in [1.165, 1.54) is 19.3 Å². The lowest BCUT2D eigenvalue weighted by molar-refractivity contribution is -0.142. The van der Waals surface area contributed by atoms with Crippen LogP contribution in [0, 0.1) is 5.92 Å². The number of aromatic amines is 1. The van der Waals surface area contributed by atoms with Crippen LogP contribution in [0.2, 0.25) is 5.02 Å². The zero-order valence-electron chi connectivity index (χ0n) is 14.0. The molecule has 1 heterocycles. The van der Waals surface area contributed by atoms with E-state index >= 15 is 0 Å². The number of ether oxygens (including phenoxy) is 1. The van der Waals surface area contributed by atoms with Crippen LogP contribution in [0.15, 0.2) is 12.1 Å². The Morgan fingerprint density at radius 3 is 2.96 bits per heavy atom. The molecule has 4 nitrogen and oxygen atoms in total. The molecular weight excluding hydrogens is 326 g/mol.